The van der Waals surface area contributed by atoms with E-state index in [0.717, 1.165) is 24.3 Å². The zero-order valence-electron chi connectivity index (χ0n) is 15.4. The monoisotopic (exact) mass is 396 g/mol. The van der Waals surface area contributed by atoms with E-state index in [9.17, 15) is 22.8 Å². The first-order valence-corrected chi connectivity index (χ1v) is 8.24. The summed E-state index contributed by atoms with van der Waals surface area (Å²) in [6.45, 7) is 3.69. The second-order valence-electron chi connectivity index (χ2n) is 6.02. The highest BCUT2D eigenvalue weighted by molar-refractivity contribution is 5.99. The minimum Gasteiger partial charge on any atom is -0.493 e. The number of amides is 2. The van der Waals surface area contributed by atoms with Gasteiger partial charge in [0.2, 0.25) is 0 Å². The third-order valence-corrected chi connectivity index (χ3v) is 3.55. The summed E-state index contributed by atoms with van der Waals surface area (Å²) in [5.74, 6) is -0.582. The van der Waals surface area contributed by atoms with Crippen molar-refractivity contribution in [2.45, 2.75) is 26.1 Å². The summed E-state index contributed by atoms with van der Waals surface area (Å²) in [5.41, 5.74) is 3.63. The summed E-state index contributed by atoms with van der Waals surface area (Å²) in [6, 6.07) is 8.10. The summed E-state index contributed by atoms with van der Waals surface area (Å²) in [4.78, 5) is 24.2. The molecule has 0 aliphatic heterocycles. The Kier molecular flexibility index (Phi) is 6.50. The molecular weight excluding hydrogens is 377 g/mol. The minimum absolute atomic E-state index is 0.0356. The molecule has 0 saturated carbocycles. The van der Waals surface area contributed by atoms with Crippen LogP contribution in [0.2, 0.25) is 0 Å². The van der Waals surface area contributed by atoms with Gasteiger partial charge in [-0.05, 0) is 56.3 Å². The molecule has 2 aromatic carbocycles. The van der Waals surface area contributed by atoms with Gasteiger partial charge in [0.15, 0.2) is 11.5 Å². The third-order valence-electron chi connectivity index (χ3n) is 3.55. The number of hydrogen-bond donors (Lipinski definition) is 2. The van der Waals surface area contributed by atoms with E-state index in [4.69, 9.17) is 9.47 Å². The maximum atomic E-state index is 12.5. The lowest BCUT2D eigenvalue weighted by molar-refractivity contribution is -0.137. The van der Waals surface area contributed by atoms with Crippen LogP contribution in [0, 0.1) is 0 Å². The summed E-state index contributed by atoms with van der Waals surface area (Å²) in [6.07, 6.45) is -4.58. The summed E-state index contributed by atoms with van der Waals surface area (Å²) in [7, 11) is 1.43. The predicted octanol–water partition coefficient (Wildman–Crippen LogP) is 3.58. The molecule has 0 aliphatic carbocycles. The lowest BCUT2D eigenvalue weighted by Gasteiger charge is -2.14. The van der Waals surface area contributed by atoms with E-state index in [0.29, 0.717) is 11.5 Å². The molecular formula is C19H19F3N2O4. The number of rotatable bonds is 5. The fraction of sp³-hybridized carbons (Fsp3) is 0.263. The van der Waals surface area contributed by atoms with E-state index in [-0.39, 0.29) is 17.2 Å². The van der Waals surface area contributed by atoms with Gasteiger partial charge in [-0.2, -0.15) is 13.2 Å². The van der Waals surface area contributed by atoms with Crippen LogP contribution in [-0.4, -0.2) is 25.0 Å². The van der Waals surface area contributed by atoms with Gasteiger partial charge < -0.3 is 9.47 Å². The van der Waals surface area contributed by atoms with Crippen LogP contribution in [0.3, 0.4) is 0 Å². The molecule has 0 radical (unpaired) electrons. The molecule has 0 unspecified atom stereocenters. The number of nitrogens with one attached hydrogen (secondary N) is 2. The highest BCUT2D eigenvalue weighted by Crippen LogP contribution is 2.29. The van der Waals surface area contributed by atoms with Crippen molar-refractivity contribution in [1.82, 2.24) is 10.9 Å². The molecule has 0 aliphatic rings. The van der Waals surface area contributed by atoms with Crippen molar-refractivity contribution in [3.05, 3.63) is 59.2 Å². The Morgan fingerprint density at radius 1 is 0.893 bits per heavy atom. The molecule has 2 aromatic rings. The summed E-state index contributed by atoms with van der Waals surface area (Å²) >= 11 is 0. The van der Waals surface area contributed by atoms with Gasteiger partial charge in [-0.1, -0.05) is 0 Å². The Hall–Kier alpha value is -3.23. The largest absolute Gasteiger partial charge is 0.493 e. The number of carbonyl (C=O) groups excluding carboxylic acids is 2. The number of alkyl halides is 3. The normalized spacial score (nSPS) is 11.1. The molecule has 0 aromatic heterocycles. The molecule has 0 atom stereocenters. The first-order chi connectivity index (χ1) is 13.1. The van der Waals surface area contributed by atoms with Gasteiger partial charge in [0.1, 0.15) is 0 Å². The average Bonchev–Trinajstić information content (AvgIpc) is 2.65. The predicted molar refractivity (Wildman–Crippen MR) is 95.1 cm³/mol. The van der Waals surface area contributed by atoms with Crippen LogP contribution in [0.4, 0.5) is 13.2 Å². The van der Waals surface area contributed by atoms with Gasteiger partial charge in [-0.15, -0.1) is 0 Å². The molecule has 0 spiro atoms. The number of hydrazine groups is 1. The number of benzene rings is 2. The van der Waals surface area contributed by atoms with Crippen molar-refractivity contribution < 1.29 is 32.2 Å². The van der Waals surface area contributed by atoms with Crippen LogP contribution in [0.5, 0.6) is 11.5 Å². The number of hydrogen-bond acceptors (Lipinski definition) is 4. The van der Waals surface area contributed by atoms with Gasteiger partial charge in [0.05, 0.1) is 18.8 Å². The van der Waals surface area contributed by atoms with Crippen LogP contribution < -0.4 is 20.3 Å². The summed E-state index contributed by atoms with van der Waals surface area (Å²) in [5, 5.41) is 0. The van der Waals surface area contributed by atoms with Gasteiger partial charge >= 0.3 is 6.18 Å². The van der Waals surface area contributed by atoms with Crippen LogP contribution in [0.15, 0.2) is 42.5 Å². The van der Waals surface area contributed by atoms with Gasteiger partial charge in [-0.25, -0.2) is 0 Å². The minimum atomic E-state index is -4.49. The van der Waals surface area contributed by atoms with E-state index in [1.807, 2.05) is 13.8 Å². The Labute approximate surface area is 159 Å². The molecule has 0 fully saturated rings. The summed E-state index contributed by atoms with van der Waals surface area (Å²) < 4.78 is 48.4. The quantitative estimate of drug-likeness (QED) is 0.758. The SMILES string of the molecule is COc1cc(C(=O)NNC(=O)c2ccc(C(F)(F)F)cc2)ccc1OC(C)C. The Morgan fingerprint density at radius 3 is 1.93 bits per heavy atom. The van der Waals surface area contributed by atoms with Gasteiger partial charge in [0, 0.05) is 11.1 Å². The average molecular weight is 396 g/mol. The van der Waals surface area contributed by atoms with E-state index in [1.165, 1.54) is 19.2 Å². The molecule has 2 rings (SSSR count). The number of methoxy groups -OCH3 is 1. The van der Waals surface area contributed by atoms with E-state index in [2.05, 4.69) is 10.9 Å². The molecule has 0 bridgehead atoms. The van der Waals surface area contributed by atoms with Crippen LogP contribution in [-0.2, 0) is 6.18 Å². The molecule has 2 amide bonds. The number of halogens is 3. The first-order valence-electron chi connectivity index (χ1n) is 8.24. The van der Waals surface area contributed by atoms with Crippen LogP contribution in [0.1, 0.15) is 40.1 Å². The molecule has 28 heavy (non-hydrogen) atoms. The topological polar surface area (TPSA) is 76.7 Å². The number of carbonyl (C=O) groups is 2. The van der Waals surface area contributed by atoms with Crippen molar-refractivity contribution >= 4 is 11.8 Å². The van der Waals surface area contributed by atoms with E-state index < -0.39 is 23.6 Å². The van der Waals surface area contributed by atoms with Gasteiger partial charge in [-0.3, -0.25) is 20.4 Å². The van der Waals surface area contributed by atoms with Crippen molar-refractivity contribution in [3.63, 3.8) is 0 Å². The fourth-order valence-corrected chi connectivity index (χ4v) is 2.23. The second kappa shape index (κ2) is 8.64. The van der Waals surface area contributed by atoms with Crippen molar-refractivity contribution in [2.75, 3.05) is 7.11 Å². The molecule has 150 valence electrons. The van der Waals surface area contributed by atoms with Crippen molar-refractivity contribution in [3.8, 4) is 11.5 Å². The lowest BCUT2D eigenvalue weighted by atomic mass is 10.1. The molecule has 0 saturated heterocycles. The van der Waals surface area contributed by atoms with Crippen LogP contribution >= 0.6 is 0 Å². The Bertz CT molecular complexity index is 849. The van der Waals surface area contributed by atoms with Crippen molar-refractivity contribution in [2.24, 2.45) is 0 Å². The van der Waals surface area contributed by atoms with E-state index in [1.54, 1.807) is 6.07 Å². The third kappa shape index (κ3) is 5.38. The van der Waals surface area contributed by atoms with Crippen molar-refractivity contribution in [1.29, 1.82) is 0 Å². The molecule has 0 heterocycles. The van der Waals surface area contributed by atoms with E-state index >= 15 is 0 Å². The second-order valence-corrected chi connectivity index (χ2v) is 6.02. The highest BCUT2D eigenvalue weighted by atomic mass is 19.4. The Morgan fingerprint density at radius 2 is 1.43 bits per heavy atom. The maximum absolute atomic E-state index is 12.5. The smallest absolute Gasteiger partial charge is 0.416 e. The maximum Gasteiger partial charge on any atom is 0.416 e. The Balaban J connectivity index is 2.02. The zero-order valence-corrected chi connectivity index (χ0v) is 15.4. The lowest BCUT2D eigenvalue weighted by Crippen LogP contribution is -2.41. The standard InChI is InChI=1S/C19H19F3N2O4/c1-11(2)28-15-9-6-13(10-16(15)27-3)18(26)24-23-17(25)12-4-7-14(8-5-12)19(20,21)22/h4-11H,1-3H3,(H,23,25)(H,24,26). The molecule has 2 N–H and O–H groups in total. The first kappa shape index (κ1) is 21.1. The van der Waals surface area contributed by atoms with Gasteiger partial charge in [0.25, 0.3) is 11.8 Å². The molecule has 6 nitrogen and oxygen atoms in total. The van der Waals surface area contributed by atoms with Crippen LogP contribution in [0.25, 0.3) is 0 Å². The fourth-order valence-electron chi connectivity index (χ4n) is 2.23. The number of ether oxygens (including phenoxy) is 2. The molecule has 9 heteroatoms. The zero-order chi connectivity index (χ0) is 20.9. The highest BCUT2D eigenvalue weighted by Gasteiger charge is 2.30.